The predicted octanol–water partition coefficient (Wildman–Crippen LogP) is 2.45. The standard InChI is InChI=1S/C14H20BrN3O/c1-11(10-18-7-3-2-4-8-18)17-14(19)12-5-6-13(15)16-9-12/h5-6,9,11H,2-4,7-8,10H2,1H3,(H,17,19). The molecule has 1 saturated heterocycles. The summed E-state index contributed by atoms with van der Waals surface area (Å²) in [4.78, 5) is 18.5. The minimum atomic E-state index is -0.0514. The maximum Gasteiger partial charge on any atom is 0.253 e. The van der Waals surface area contributed by atoms with Gasteiger partial charge in [-0.1, -0.05) is 6.42 Å². The van der Waals surface area contributed by atoms with Gasteiger partial charge in [0.05, 0.1) is 5.56 Å². The number of hydrogen-bond acceptors (Lipinski definition) is 3. The molecule has 0 radical (unpaired) electrons. The zero-order valence-electron chi connectivity index (χ0n) is 11.2. The molecule has 1 aliphatic heterocycles. The third-order valence-corrected chi connectivity index (χ3v) is 3.82. The van der Waals surface area contributed by atoms with Gasteiger partial charge in [-0.15, -0.1) is 0 Å². The van der Waals surface area contributed by atoms with Gasteiger partial charge < -0.3 is 10.2 Å². The minimum absolute atomic E-state index is 0.0514. The highest BCUT2D eigenvalue weighted by Crippen LogP contribution is 2.09. The van der Waals surface area contributed by atoms with Crippen molar-refractivity contribution in [1.82, 2.24) is 15.2 Å². The molecule has 1 N–H and O–H groups in total. The van der Waals surface area contributed by atoms with Gasteiger partial charge in [0.2, 0.25) is 0 Å². The highest BCUT2D eigenvalue weighted by Gasteiger charge is 2.15. The Balaban J connectivity index is 1.82. The molecule has 0 saturated carbocycles. The van der Waals surface area contributed by atoms with E-state index in [-0.39, 0.29) is 11.9 Å². The van der Waals surface area contributed by atoms with Gasteiger partial charge >= 0.3 is 0 Å². The van der Waals surface area contributed by atoms with Crippen molar-refractivity contribution in [3.05, 3.63) is 28.5 Å². The Labute approximate surface area is 122 Å². The Kier molecular flexibility index (Phi) is 5.34. The summed E-state index contributed by atoms with van der Waals surface area (Å²) in [5.74, 6) is -0.0514. The maximum absolute atomic E-state index is 12.0. The van der Waals surface area contributed by atoms with E-state index < -0.39 is 0 Å². The van der Waals surface area contributed by atoms with Crippen molar-refractivity contribution >= 4 is 21.8 Å². The molecule has 2 heterocycles. The normalized spacial score (nSPS) is 18.0. The fourth-order valence-corrected chi connectivity index (χ4v) is 2.63. The van der Waals surface area contributed by atoms with Crippen molar-refractivity contribution in [2.75, 3.05) is 19.6 Å². The Morgan fingerprint density at radius 2 is 2.16 bits per heavy atom. The quantitative estimate of drug-likeness (QED) is 0.865. The summed E-state index contributed by atoms with van der Waals surface area (Å²) < 4.78 is 0.741. The van der Waals surface area contributed by atoms with Crippen molar-refractivity contribution in [1.29, 1.82) is 0 Å². The summed E-state index contributed by atoms with van der Waals surface area (Å²) in [6.07, 6.45) is 5.48. The number of carbonyl (C=O) groups excluding carboxylic acids is 1. The van der Waals surface area contributed by atoms with Gasteiger partial charge in [0.1, 0.15) is 4.60 Å². The molecule has 0 bridgehead atoms. The van der Waals surface area contributed by atoms with Gasteiger partial charge in [0.15, 0.2) is 0 Å². The van der Waals surface area contributed by atoms with Crippen molar-refractivity contribution in [3.8, 4) is 0 Å². The predicted molar refractivity (Wildman–Crippen MR) is 79.2 cm³/mol. The monoisotopic (exact) mass is 325 g/mol. The first-order valence-corrected chi connectivity index (χ1v) is 7.59. The summed E-state index contributed by atoms with van der Waals surface area (Å²) in [6.45, 7) is 5.29. The van der Waals surface area contributed by atoms with Gasteiger partial charge in [0.25, 0.3) is 5.91 Å². The number of aromatic nitrogens is 1. The van der Waals surface area contributed by atoms with E-state index >= 15 is 0 Å². The van der Waals surface area contributed by atoms with Crippen LogP contribution in [-0.2, 0) is 0 Å². The van der Waals surface area contributed by atoms with E-state index in [1.807, 2.05) is 0 Å². The Bertz CT molecular complexity index is 415. The number of amides is 1. The number of nitrogens with one attached hydrogen (secondary N) is 1. The second-order valence-electron chi connectivity index (χ2n) is 5.11. The summed E-state index contributed by atoms with van der Waals surface area (Å²) in [6, 6.07) is 3.72. The lowest BCUT2D eigenvalue weighted by Crippen LogP contribution is -2.43. The molecule has 1 amide bonds. The van der Waals surface area contributed by atoms with Crippen molar-refractivity contribution in [2.45, 2.75) is 32.2 Å². The van der Waals surface area contributed by atoms with Crippen molar-refractivity contribution < 1.29 is 4.79 Å². The first-order valence-electron chi connectivity index (χ1n) is 6.80. The molecular weight excluding hydrogens is 306 g/mol. The molecule has 1 aromatic heterocycles. The van der Waals surface area contributed by atoms with Crippen LogP contribution >= 0.6 is 15.9 Å². The maximum atomic E-state index is 12.0. The highest BCUT2D eigenvalue weighted by atomic mass is 79.9. The number of rotatable bonds is 4. The molecule has 1 atom stereocenters. The van der Waals surface area contributed by atoms with Crippen LogP contribution in [0, 0.1) is 0 Å². The van der Waals surface area contributed by atoms with Crippen LogP contribution in [0.15, 0.2) is 22.9 Å². The van der Waals surface area contributed by atoms with Crippen LogP contribution < -0.4 is 5.32 Å². The lowest BCUT2D eigenvalue weighted by atomic mass is 10.1. The fraction of sp³-hybridized carbons (Fsp3) is 0.571. The van der Waals surface area contributed by atoms with Crippen molar-refractivity contribution in [3.63, 3.8) is 0 Å². The van der Waals surface area contributed by atoms with Crippen molar-refractivity contribution in [2.24, 2.45) is 0 Å². The average Bonchev–Trinajstić information content (AvgIpc) is 2.40. The number of piperidine rings is 1. The molecule has 1 aliphatic rings. The van der Waals surface area contributed by atoms with E-state index in [4.69, 9.17) is 0 Å². The summed E-state index contributed by atoms with van der Waals surface area (Å²) >= 11 is 3.26. The Morgan fingerprint density at radius 1 is 1.42 bits per heavy atom. The summed E-state index contributed by atoms with van der Waals surface area (Å²) in [5, 5.41) is 3.03. The second-order valence-corrected chi connectivity index (χ2v) is 5.92. The van der Waals surface area contributed by atoms with E-state index in [0.717, 1.165) is 24.2 Å². The largest absolute Gasteiger partial charge is 0.348 e. The summed E-state index contributed by atoms with van der Waals surface area (Å²) in [7, 11) is 0. The molecule has 0 aliphatic carbocycles. The first kappa shape index (κ1) is 14.5. The molecule has 19 heavy (non-hydrogen) atoms. The molecule has 0 aromatic carbocycles. The smallest absolute Gasteiger partial charge is 0.253 e. The highest BCUT2D eigenvalue weighted by molar-refractivity contribution is 9.10. The average molecular weight is 326 g/mol. The van der Waals surface area contributed by atoms with Gasteiger partial charge in [-0.3, -0.25) is 4.79 Å². The van der Waals surface area contributed by atoms with E-state index in [1.165, 1.54) is 19.3 Å². The summed E-state index contributed by atoms with van der Waals surface area (Å²) in [5.41, 5.74) is 0.605. The minimum Gasteiger partial charge on any atom is -0.348 e. The SMILES string of the molecule is CC(CN1CCCCC1)NC(=O)c1ccc(Br)nc1. The van der Waals surface area contributed by atoms with E-state index in [2.05, 4.69) is 38.1 Å². The molecule has 1 unspecified atom stereocenters. The number of likely N-dealkylation sites (tertiary alicyclic amines) is 1. The van der Waals surface area contributed by atoms with Gasteiger partial charge in [-0.05, 0) is 60.9 Å². The van der Waals surface area contributed by atoms with Crippen LogP contribution in [-0.4, -0.2) is 41.5 Å². The van der Waals surface area contributed by atoms with E-state index in [0.29, 0.717) is 5.56 Å². The lowest BCUT2D eigenvalue weighted by Gasteiger charge is -2.29. The first-order chi connectivity index (χ1) is 9.15. The zero-order chi connectivity index (χ0) is 13.7. The molecule has 0 spiro atoms. The van der Waals surface area contributed by atoms with Crippen LogP contribution in [0.25, 0.3) is 0 Å². The number of nitrogens with zero attached hydrogens (tertiary/aromatic N) is 2. The molecule has 104 valence electrons. The second kappa shape index (κ2) is 7.01. The van der Waals surface area contributed by atoms with E-state index in [9.17, 15) is 4.79 Å². The van der Waals surface area contributed by atoms with Crippen LogP contribution in [0.5, 0.6) is 0 Å². The van der Waals surface area contributed by atoms with Crippen LogP contribution in [0.3, 0.4) is 0 Å². The molecule has 4 nitrogen and oxygen atoms in total. The molecular formula is C14H20BrN3O. The van der Waals surface area contributed by atoms with Crippen LogP contribution in [0.1, 0.15) is 36.5 Å². The Morgan fingerprint density at radius 3 is 2.79 bits per heavy atom. The van der Waals surface area contributed by atoms with E-state index in [1.54, 1.807) is 18.3 Å². The molecule has 2 rings (SSSR count). The van der Waals surface area contributed by atoms with Gasteiger partial charge in [0, 0.05) is 18.8 Å². The lowest BCUT2D eigenvalue weighted by molar-refractivity contribution is 0.0925. The number of hydrogen-bond donors (Lipinski definition) is 1. The molecule has 1 aromatic rings. The number of pyridine rings is 1. The number of carbonyl (C=O) groups is 1. The van der Waals surface area contributed by atoms with Gasteiger partial charge in [-0.2, -0.15) is 0 Å². The topological polar surface area (TPSA) is 45.2 Å². The fourth-order valence-electron chi connectivity index (χ4n) is 2.39. The zero-order valence-corrected chi connectivity index (χ0v) is 12.8. The van der Waals surface area contributed by atoms with Crippen LogP contribution in [0.2, 0.25) is 0 Å². The van der Waals surface area contributed by atoms with Crippen LogP contribution in [0.4, 0.5) is 0 Å². The number of halogens is 1. The Hall–Kier alpha value is -0.940. The third-order valence-electron chi connectivity index (χ3n) is 3.35. The van der Waals surface area contributed by atoms with Gasteiger partial charge in [-0.25, -0.2) is 4.98 Å². The molecule has 5 heteroatoms. The molecule has 1 fully saturated rings. The third kappa shape index (κ3) is 4.58.